The van der Waals surface area contributed by atoms with Gasteiger partial charge in [-0.15, -0.1) is 0 Å². The van der Waals surface area contributed by atoms with E-state index < -0.39 is 0 Å². The zero-order valence-corrected chi connectivity index (χ0v) is 18.1. The van der Waals surface area contributed by atoms with Crippen molar-refractivity contribution in [2.75, 3.05) is 11.9 Å². The average Bonchev–Trinajstić information content (AvgIpc) is 3.30. The first kappa shape index (κ1) is 20.0. The number of rotatable bonds is 6. The summed E-state index contributed by atoms with van der Waals surface area (Å²) in [5, 5.41) is 6.82. The predicted octanol–water partition coefficient (Wildman–Crippen LogP) is 3.34. The standard InChI is InChI=1S/C25H35N3O2/c1-15-4-2-5-17-12-21(28-23(15)17)24(30)27-19-8-7-18-14-25(22(29)6-3-9-26)13-16(10-19)11-20(18)25/h2,4-5,16,18-21,28H,3,6-14,26H2,1H3,(H,27,30)/t16-,18+,19+,20?,21?,25?/m0/s1. The lowest BCUT2D eigenvalue weighted by Crippen LogP contribution is -2.50. The second-order valence-electron chi connectivity index (χ2n) is 10.4. The number of fused-ring (bicyclic) bond motifs is 2. The normalized spacial score (nSPS) is 36.1. The van der Waals surface area contributed by atoms with Crippen LogP contribution in [0.15, 0.2) is 18.2 Å². The van der Waals surface area contributed by atoms with Gasteiger partial charge in [0.25, 0.3) is 0 Å². The highest BCUT2D eigenvalue weighted by molar-refractivity contribution is 5.88. The highest BCUT2D eigenvalue weighted by atomic mass is 16.2. The van der Waals surface area contributed by atoms with E-state index in [0.717, 1.165) is 50.6 Å². The second-order valence-corrected chi connectivity index (χ2v) is 10.4. The number of ketones is 1. The van der Waals surface area contributed by atoms with Crippen LogP contribution in [-0.2, 0) is 16.0 Å². The highest BCUT2D eigenvalue weighted by Crippen LogP contribution is 2.66. The van der Waals surface area contributed by atoms with Crippen LogP contribution in [0.2, 0.25) is 0 Å². The third kappa shape index (κ3) is 3.26. The number of aryl methyl sites for hydroxylation is 1. The Balaban J connectivity index is 1.21. The minimum Gasteiger partial charge on any atom is -0.373 e. The number of nitrogens with two attached hydrogens (primary N) is 1. The maximum Gasteiger partial charge on any atom is 0.243 e. The summed E-state index contributed by atoms with van der Waals surface area (Å²) in [7, 11) is 0. The lowest BCUT2D eigenvalue weighted by molar-refractivity contribution is -0.143. The van der Waals surface area contributed by atoms with Crippen LogP contribution in [0, 0.1) is 30.1 Å². The lowest BCUT2D eigenvalue weighted by atomic mass is 9.52. The molecule has 1 aromatic rings. The Morgan fingerprint density at radius 2 is 2.10 bits per heavy atom. The Hall–Kier alpha value is -1.88. The third-order valence-corrected chi connectivity index (χ3v) is 8.58. The molecule has 0 aromatic heterocycles. The van der Waals surface area contributed by atoms with Gasteiger partial charge in [-0.2, -0.15) is 0 Å². The van der Waals surface area contributed by atoms with Crippen LogP contribution in [0.1, 0.15) is 62.5 Å². The van der Waals surface area contributed by atoms with Gasteiger partial charge < -0.3 is 16.4 Å². The molecule has 1 heterocycles. The van der Waals surface area contributed by atoms with Gasteiger partial charge >= 0.3 is 0 Å². The molecule has 0 saturated heterocycles. The molecule has 162 valence electrons. The van der Waals surface area contributed by atoms with Crippen molar-refractivity contribution in [1.82, 2.24) is 5.32 Å². The smallest absolute Gasteiger partial charge is 0.243 e. The molecule has 1 aliphatic heterocycles. The molecule has 3 fully saturated rings. The number of para-hydroxylation sites is 1. The first-order chi connectivity index (χ1) is 14.5. The topological polar surface area (TPSA) is 84.2 Å². The molecule has 5 heteroatoms. The van der Waals surface area contributed by atoms with Crippen LogP contribution in [0.25, 0.3) is 0 Å². The zero-order chi connectivity index (χ0) is 20.9. The van der Waals surface area contributed by atoms with Crippen molar-refractivity contribution in [2.45, 2.75) is 76.8 Å². The monoisotopic (exact) mass is 409 g/mol. The molecule has 1 aromatic carbocycles. The van der Waals surface area contributed by atoms with Crippen molar-refractivity contribution < 1.29 is 9.59 Å². The van der Waals surface area contributed by atoms with E-state index in [9.17, 15) is 9.59 Å². The fraction of sp³-hybridized carbons (Fsp3) is 0.680. The Morgan fingerprint density at radius 1 is 1.23 bits per heavy atom. The Bertz CT molecular complexity index is 853. The van der Waals surface area contributed by atoms with Gasteiger partial charge in [-0.05, 0) is 87.3 Å². The molecule has 3 saturated carbocycles. The lowest BCUT2D eigenvalue weighted by Gasteiger charge is -2.51. The molecule has 6 atom stereocenters. The average molecular weight is 410 g/mol. The Labute approximate surface area is 179 Å². The van der Waals surface area contributed by atoms with Crippen LogP contribution < -0.4 is 16.4 Å². The number of nitrogens with one attached hydrogen (secondary N) is 2. The first-order valence-corrected chi connectivity index (χ1v) is 11.9. The molecule has 30 heavy (non-hydrogen) atoms. The summed E-state index contributed by atoms with van der Waals surface area (Å²) in [5.41, 5.74) is 9.17. The summed E-state index contributed by atoms with van der Waals surface area (Å²) in [6.07, 6.45) is 8.76. The summed E-state index contributed by atoms with van der Waals surface area (Å²) in [4.78, 5) is 26.0. The van der Waals surface area contributed by atoms with Gasteiger partial charge in [-0.1, -0.05) is 18.2 Å². The van der Waals surface area contributed by atoms with Crippen LogP contribution >= 0.6 is 0 Å². The minimum atomic E-state index is -0.166. The number of hydrogen-bond donors (Lipinski definition) is 3. The SMILES string of the molecule is Cc1cccc2c1NC(C(=O)N[C@@H]1CC[C@@H]3CC4(C(=O)CCCN)C[C@H](CC34)C1)C2. The third-order valence-electron chi connectivity index (χ3n) is 8.58. The van der Waals surface area contributed by atoms with Gasteiger partial charge in [-0.25, -0.2) is 0 Å². The van der Waals surface area contributed by atoms with E-state index in [0.29, 0.717) is 36.5 Å². The molecule has 3 aliphatic carbocycles. The van der Waals surface area contributed by atoms with Crippen molar-refractivity contribution in [1.29, 1.82) is 0 Å². The van der Waals surface area contributed by atoms with Crippen molar-refractivity contribution in [3.63, 3.8) is 0 Å². The molecule has 3 unspecified atom stereocenters. The fourth-order valence-electron chi connectivity index (χ4n) is 7.17. The van der Waals surface area contributed by atoms with Gasteiger partial charge in [0.1, 0.15) is 11.8 Å². The van der Waals surface area contributed by atoms with E-state index in [-0.39, 0.29) is 23.4 Å². The molecular weight excluding hydrogens is 374 g/mol. The Morgan fingerprint density at radius 3 is 2.90 bits per heavy atom. The van der Waals surface area contributed by atoms with E-state index in [4.69, 9.17) is 5.73 Å². The molecule has 5 rings (SSSR count). The zero-order valence-electron chi connectivity index (χ0n) is 18.1. The summed E-state index contributed by atoms with van der Waals surface area (Å²) >= 11 is 0. The molecule has 0 spiro atoms. The van der Waals surface area contributed by atoms with E-state index in [1.54, 1.807) is 0 Å². The van der Waals surface area contributed by atoms with E-state index >= 15 is 0 Å². The second kappa shape index (κ2) is 7.67. The summed E-state index contributed by atoms with van der Waals surface area (Å²) in [5.74, 6) is 2.45. The number of amides is 1. The van der Waals surface area contributed by atoms with Crippen molar-refractivity contribution in [3.8, 4) is 0 Å². The first-order valence-electron chi connectivity index (χ1n) is 11.9. The number of carbonyl (C=O) groups is 2. The maximum absolute atomic E-state index is 13.0. The molecule has 1 amide bonds. The summed E-state index contributed by atoms with van der Waals surface area (Å²) in [6, 6.07) is 6.35. The number of anilines is 1. The van der Waals surface area contributed by atoms with Crippen LogP contribution in [0.4, 0.5) is 5.69 Å². The Kier molecular flexibility index (Phi) is 5.12. The van der Waals surface area contributed by atoms with E-state index in [2.05, 4.69) is 35.8 Å². The minimum absolute atomic E-state index is 0.0461. The van der Waals surface area contributed by atoms with Crippen LogP contribution in [0.3, 0.4) is 0 Å². The highest BCUT2D eigenvalue weighted by Gasteiger charge is 2.62. The van der Waals surface area contributed by atoms with Gasteiger partial charge in [-0.3, -0.25) is 9.59 Å². The van der Waals surface area contributed by atoms with Gasteiger partial charge in [0, 0.05) is 30.0 Å². The van der Waals surface area contributed by atoms with Crippen molar-refractivity contribution >= 4 is 17.4 Å². The van der Waals surface area contributed by atoms with E-state index in [1.165, 1.54) is 17.5 Å². The number of hydrogen-bond acceptors (Lipinski definition) is 4. The molecule has 4 aliphatic rings. The van der Waals surface area contributed by atoms with Crippen LogP contribution in [-0.4, -0.2) is 30.3 Å². The van der Waals surface area contributed by atoms with E-state index in [1.807, 2.05) is 0 Å². The van der Waals surface area contributed by atoms with Crippen molar-refractivity contribution in [3.05, 3.63) is 29.3 Å². The molecule has 0 radical (unpaired) electrons. The molecular formula is C25H35N3O2. The molecule has 4 N–H and O–H groups in total. The number of benzene rings is 1. The summed E-state index contributed by atoms with van der Waals surface area (Å²) in [6.45, 7) is 2.69. The molecule has 5 nitrogen and oxygen atoms in total. The molecule has 2 bridgehead atoms. The summed E-state index contributed by atoms with van der Waals surface area (Å²) < 4.78 is 0. The fourth-order valence-corrected chi connectivity index (χ4v) is 7.17. The largest absolute Gasteiger partial charge is 0.373 e. The predicted molar refractivity (Wildman–Crippen MR) is 118 cm³/mol. The van der Waals surface area contributed by atoms with Gasteiger partial charge in [0.2, 0.25) is 5.91 Å². The maximum atomic E-state index is 13.0. The number of Topliss-reactive ketones (excluding diaryl/α,β-unsaturated/α-hetero) is 1. The van der Waals surface area contributed by atoms with Gasteiger partial charge in [0.15, 0.2) is 0 Å². The van der Waals surface area contributed by atoms with Gasteiger partial charge in [0.05, 0.1) is 0 Å². The van der Waals surface area contributed by atoms with Crippen molar-refractivity contribution in [2.24, 2.45) is 28.9 Å². The quantitative estimate of drug-likeness (QED) is 0.673. The van der Waals surface area contributed by atoms with Crippen LogP contribution in [0.5, 0.6) is 0 Å². The number of carbonyl (C=O) groups excluding carboxylic acids is 2.